The van der Waals surface area contributed by atoms with E-state index in [0.29, 0.717) is 18.8 Å². The summed E-state index contributed by atoms with van der Waals surface area (Å²) in [5.74, 6) is -4.90. The summed E-state index contributed by atoms with van der Waals surface area (Å²) in [5.41, 5.74) is -0.878. The summed E-state index contributed by atoms with van der Waals surface area (Å²) in [6.45, 7) is 4.00. The third-order valence-electron chi connectivity index (χ3n) is 8.79. The van der Waals surface area contributed by atoms with Crippen molar-refractivity contribution in [3.05, 3.63) is 35.5 Å². The molecule has 0 aliphatic heterocycles. The molecule has 0 aromatic heterocycles. The monoisotopic (exact) mass is 482 g/mol. The molecule has 0 bridgehead atoms. The molecule has 2 fully saturated rings. The van der Waals surface area contributed by atoms with Crippen molar-refractivity contribution in [3.63, 3.8) is 0 Å². The zero-order valence-corrected chi connectivity index (χ0v) is 21.4. The summed E-state index contributed by atoms with van der Waals surface area (Å²) >= 11 is 0. The van der Waals surface area contributed by atoms with E-state index >= 15 is 0 Å². The second-order valence-electron chi connectivity index (χ2n) is 11.2. The fourth-order valence-corrected chi connectivity index (χ4v) is 6.53. The van der Waals surface area contributed by atoms with E-state index in [1.54, 1.807) is 6.92 Å². The van der Waals surface area contributed by atoms with Gasteiger partial charge in [-0.2, -0.15) is 17.6 Å². The Labute approximate surface area is 205 Å². The smallest absolute Gasteiger partial charge is 0.194 e. The van der Waals surface area contributed by atoms with Crippen LogP contribution in [0.2, 0.25) is 0 Å². The minimum atomic E-state index is -4.08. The van der Waals surface area contributed by atoms with Crippen LogP contribution >= 0.6 is 0 Å². The molecule has 34 heavy (non-hydrogen) atoms. The highest BCUT2D eigenvalue weighted by molar-refractivity contribution is 5.37. The summed E-state index contributed by atoms with van der Waals surface area (Å²) in [5, 5.41) is 0. The third kappa shape index (κ3) is 6.78. The SMILES string of the molecule is CCCCCC1CCC(C2CCC(/C=C/CCC3=CC=C(CCC)C(F)(F)C3(F)F)CC2)CC1. The molecule has 194 valence electrons. The molecule has 0 nitrogen and oxygen atoms in total. The zero-order chi connectivity index (χ0) is 24.6. The molecule has 4 heteroatoms. The lowest BCUT2D eigenvalue weighted by molar-refractivity contribution is -0.165. The number of unbranched alkanes of at least 4 members (excludes halogenated alkanes) is 2. The zero-order valence-electron chi connectivity index (χ0n) is 21.4. The fourth-order valence-electron chi connectivity index (χ4n) is 6.53. The Morgan fingerprint density at radius 1 is 0.735 bits per heavy atom. The molecule has 3 aliphatic carbocycles. The second kappa shape index (κ2) is 12.8. The van der Waals surface area contributed by atoms with E-state index in [-0.39, 0.29) is 12.8 Å². The lowest BCUT2D eigenvalue weighted by Gasteiger charge is -2.37. The van der Waals surface area contributed by atoms with Crippen molar-refractivity contribution in [2.24, 2.45) is 23.7 Å². The van der Waals surface area contributed by atoms with Gasteiger partial charge in [-0.1, -0.05) is 83.1 Å². The number of hydrogen-bond acceptors (Lipinski definition) is 0. The van der Waals surface area contributed by atoms with Gasteiger partial charge in [0, 0.05) is 11.1 Å². The minimum Gasteiger partial charge on any atom is -0.194 e. The molecule has 0 amide bonds. The number of hydrogen-bond donors (Lipinski definition) is 0. The molecular weight excluding hydrogens is 436 g/mol. The van der Waals surface area contributed by atoms with Gasteiger partial charge in [0.1, 0.15) is 0 Å². The maximum absolute atomic E-state index is 14.4. The van der Waals surface area contributed by atoms with E-state index in [4.69, 9.17) is 0 Å². The van der Waals surface area contributed by atoms with Crippen molar-refractivity contribution in [2.75, 3.05) is 0 Å². The molecular formula is C30H46F4. The number of allylic oxidation sites excluding steroid dienone is 6. The first-order valence-corrected chi connectivity index (χ1v) is 14.1. The average molecular weight is 483 g/mol. The van der Waals surface area contributed by atoms with Crippen molar-refractivity contribution >= 4 is 0 Å². The summed E-state index contributed by atoms with van der Waals surface area (Å²) in [6.07, 6.45) is 23.5. The normalized spacial score (nSPS) is 31.4. The largest absolute Gasteiger partial charge is 0.335 e. The van der Waals surface area contributed by atoms with Crippen LogP contribution in [0.4, 0.5) is 17.6 Å². The molecule has 2 saturated carbocycles. The maximum atomic E-state index is 14.4. The van der Waals surface area contributed by atoms with Gasteiger partial charge in [-0.3, -0.25) is 0 Å². The average Bonchev–Trinajstić information content (AvgIpc) is 2.82. The molecule has 3 rings (SSSR count). The van der Waals surface area contributed by atoms with E-state index in [2.05, 4.69) is 13.0 Å². The number of rotatable bonds is 11. The van der Waals surface area contributed by atoms with Crippen molar-refractivity contribution < 1.29 is 17.6 Å². The lowest BCUT2D eigenvalue weighted by Crippen LogP contribution is -2.45. The molecule has 0 aromatic carbocycles. The fraction of sp³-hybridized carbons (Fsp3) is 0.800. The predicted octanol–water partition coefficient (Wildman–Crippen LogP) is 10.5. The molecule has 0 saturated heterocycles. The second-order valence-corrected chi connectivity index (χ2v) is 11.2. The van der Waals surface area contributed by atoms with Gasteiger partial charge in [-0.05, 0) is 81.5 Å². The Morgan fingerprint density at radius 3 is 1.85 bits per heavy atom. The maximum Gasteiger partial charge on any atom is 0.335 e. The minimum absolute atomic E-state index is 0.00810. The third-order valence-corrected chi connectivity index (χ3v) is 8.79. The highest BCUT2D eigenvalue weighted by Gasteiger charge is 2.61. The van der Waals surface area contributed by atoms with Crippen molar-refractivity contribution in [1.82, 2.24) is 0 Å². The Kier molecular flexibility index (Phi) is 10.3. The summed E-state index contributed by atoms with van der Waals surface area (Å²) < 4.78 is 57.5. The van der Waals surface area contributed by atoms with Crippen molar-refractivity contribution in [1.29, 1.82) is 0 Å². The van der Waals surface area contributed by atoms with Gasteiger partial charge in [0.15, 0.2) is 0 Å². The lowest BCUT2D eigenvalue weighted by atomic mass is 9.68. The molecule has 0 radical (unpaired) electrons. The molecule has 0 unspecified atom stereocenters. The highest BCUT2D eigenvalue weighted by atomic mass is 19.3. The van der Waals surface area contributed by atoms with Gasteiger partial charge < -0.3 is 0 Å². The van der Waals surface area contributed by atoms with E-state index in [1.807, 2.05) is 6.08 Å². The van der Waals surface area contributed by atoms with Crippen LogP contribution in [0.5, 0.6) is 0 Å². The Hall–Kier alpha value is -1.06. The number of alkyl halides is 4. The van der Waals surface area contributed by atoms with Crippen molar-refractivity contribution in [3.8, 4) is 0 Å². The molecule has 0 aromatic rings. The first-order chi connectivity index (χ1) is 16.3. The van der Waals surface area contributed by atoms with E-state index in [0.717, 1.165) is 17.8 Å². The van der Waals surface area contributed by atoms with Gasteiger partial charge >= 0.3 is 11.8 Å². The Bertz CT molecular complexity index is 701. The van der Waals surface area contributed by atoms with Crippen LogP contribution in [0.3, 0.4) is 0 Å². The van der Waals surface area contributed by atoms with Crippen LogP contribution in [0.25, 0.3) is 0 Å². The van der Waals surface area contributed by atoms with Crippen LogP contribution in [-0.4, -0.2) is 11.8 Å². The number of halogens is 4. The van der Waals surface area contributed by atoms with Crippen molar-refractivity contribution in [2.45, 2.75) is 128 Å². The van der Waals surface area contributed by atoms with E-state index < -0.39 is 23.0 Å². The van der Waals surface area contributed by atoms with Crippen LogP contribution in [-0.2, 0) is 0 Å². The topological polar surface area (TPSA) is 0 Å². The summed E-state index contributed by atoms with van der Waals surface area (Å²) in [6, 6.07) is 0. The molecule has 0 heterocycles. The quantitative estimate of drug-likeness (QED) is 0.156. The van der Waals surface area contributed by atoms with Gasteiger partial charge in [0.25, 0.3) is 0 Å². The molecule has 0 atom stereocenters. The van der Waals surface area contributed by atoms with Gasteiger partial charge in [-0.25, -0.2) is 0 Å². The summed E-state index contributed by atoms with van der Waals surface area (Å²) in [4.78, 5) is 0. The van der Waals surface area contributed by atoms with Crippen LogP contribution in [0.1, 0.15) is 117 Å². The summed E-state index contributed by atoms with van der Waals surface area (Å²) in [7, 11) is 0. The Balaban J connectivity index is 1.38. The first kappa shape index (κ1) is 27.5. The van der Waals surface area contributed by atoms with Crippen LogP contribution in [0, 0.1) is 23.7 Å². The van der Waals surface area contributed by atoms with Gasteiger partial charge in [0.05, 0.1) is 0 Å². The standard InChI is InChI=1S/C30H46F4/c1-3-5-6-10-23-13-17-25(18-14-23)26-19-15-24(16-20-26)11-7-8-12-28-22-21-27(9-4-2)29(31,32)30(28,33)34/h7,11,21-26H,3-6,8-10,12-20H2,1-2H3/b11-7+. The van der Waals surface area contributed by atoms with Gasteiger partial charge in [-0.15, -0.1) is 0 Å². The molecule has 0 spiro atoms. The molecule has 0 N–H and O–H groups in total. The molecule has 3 aliphatic rings. The first-order valence-electron chi connectivity index (χ1n) is 14.1. The predicted molar refractivity (Wildman–Crippen MR) is 134 cm³/mol. The Morgan fingerprint density at radius 2 is 1.29 bits per heavy atom. The van der Waals surface area contributed by atoms with Crippen LogP contribution < -0.4 is 0 Å². The van der Waals surface area contributed by atoms with Gasteiger partial charge in [0.2, 0.25) is 0 Å². The highest BCUT2D eigenvalue weighted by Crippen LogP contribution is 2.49. The van der Waals surface area contributed by atoms with Crippen LogP contribution in [0.15, 0.2) is 35.5 Å². The van der Waals surface area contributed by atoms with E-state index in [1.165, 1.54) is 89.2 Å². The van der Waals surface area contributed by atoms with E-state index in [9.17, 15) is 17.6 Å².